The van der Waals surface area contributed by atoms with E-state index in [1.165, 1.54) is 144 Å². The van der Waals surface area contributed by atoms with Crippen molar-refractivity contribution in [3.05, 3.63) is 340 Å². The molecule has 0 spiro atoms. The summed E-state index contributed by atoms with van der Waals surface area (Å²) in [6.07, 6.45) is 0. The van der Waals surface area contributed by atoms with Gasteiger partial charge in [0.15, 0.2) is 0 Å². The van der Waals surface area contributed by atoms with Crippen molar-refractivity contribution < 1.29 is 0 Å². The molecule has 2 aromatic heterocycles. The highest BCUT2D eigenvalue weighted by Gasteiger charge is 2.18. The number of rotatable bonds is 11. The molecule has 2 heterocycles. The zero-order chi connectivity index (χ0) is 56.9. The Hall–Kier alpha value is -11.3. The molecule has 2 heteroatoms. The van der Waals surface area contributed by atoms with E-state index in [-0.39, 0.29) is 0 Å². The Bertz CT molecular complexity index is 5160. The predicted octanol–water partition coefficient (Wildman–Crippen LogP) is 22.9. The molecule has 0 aliphatic carbocycles. The third-order valence-corrected chi connectivity index (χ3v) is 17.4. The standard InChI is InChI=1S/C84H56N2/c1-3-16-57(17-4-1)60-44-48-73(49-45-60)85-81-30-11-9-28-77(81)79-55-71(46-50-83(79)85)72-47-51-84-80(56-72)78-29-10-12-31-82(78)86(84)74-25-15-24-70(54-74)63-38-34-59(35-39-63)58-32-36-61(37-33-58)66-20-13-22-68(52-66)69-23-14-21-67(53-69)62-40-42-65(43-41-62)76-27-8-7-26-75(76)64-18-5-2-6-19-64/h1-56H. The zero-order valence-corrected chi connectivity index (χ0v) is 47.2. The first-order chi connectivity index (χ1) is 42.6. The van der Waals surface area contributed by atoms with Crippen LogP contribution in [0.15, 0.2) is 340 Å². The van der Waals surface area contributed by atoms with Crippen molar-refractivity contribution in [2.45, 2.75) is 0 Å². The molecular weight excluding hydrogens is 1040 g/mol. The van der Waals surface area contributed by atoms with Gasteiger partial charge in [0, 0.05) is 32.9 Å². The molecule has 0 radical (unpaired) electrons. The summed E-state index contributed by atoms with van der Waals surface area (Å²) in [7, 11) is 0. The minimum Gasteiger partial charge on any atom is -0.309 e. The van der Waals surface area contributed by atoms with E-state index in [1.54, 1.807) is 0 Å². The predicted molar refractivity (Wildman–Crippen MR) is 364 cm³/mol. The Morgan fingerprint density at radius 1 is 0.140 bits per heavy atom. The first-order valence-corrected chi connectivity index (χ1v) is 29.6. The third kappa shape index (κ3) is 9.18. The van der Waals surface area contributed by atoms with Crippen molar-refractivity contribution in [3.8, 4) is 112 Å². The molecule has 0 aliphatic rings. The lowest BCUT2D eigenvalue weighted by Crippen LogP contribution is -1.94. The topological polar surface area (TPSA) is 9.86 Å². The lowest BCUT2D eigenvalue weighted by Gasteiger charge is -2.12. The van der Waals surface area contributed by atoms with E-state index >= 15 is 0 Å². The molecule has 0 fully saturated rings. The van der Waals surface area contributed by atoms with Crippen LogP contribution in [0.2, 0.25) is 0 Å². The van der Waals surface area contributed by atoms with Crippen LogP contribution in [0.4, 0.5) is 0 Å². The van der Waals surface area contributed by atoms with Crippen LogP contribution in [-0.4, -0.2) is 9.13 Å². The van der Waals surface area contributed by atoms with Gasteiger partial charge in [-0.15, -0.1) is 0 Å². The van der Waals surface area contributed by atoms with Crippen LogP contribution in [-0.2, 0) is 0 Å². The zero-order valence-electron chi connectivity index (χ0n) is 47.2. The number of nitrogens with zero attached hydrogens (tertiary/aromatic N) is 2. The molecule has 0 amide bonds. The van der Waals surface area contributed by atoms with Crippen molar-refractivity contribution >= 4 is 43.6 Å². The van der Waals surface area contributed by atoms with E-state index in [0.717, 1.165) is 11.4 Å². The van der Waals surface area contributed by atoms with E-state index < -0.39 is 0 Å². The first kappa shape index (κ1) is 50.4. The highest BCUT2D eigenvalue weighted by atomic mass is 15.0. The van der Waals surface area contributed by atoms with E-state index in [1.807, 2.05) is 0 Å². The second kappa shape index (κ2) is 21.5. The summed E-state index contributed by atoms with van der Waals surface area (Å²) in [5, 5.41) is 4.96. The Morgan fingerprint density at radius 2 is 0.419 bits per heavy atom. The van der Waals surface area contributed by atoms with Crippen molar-refractivity contribution in [3.63, 3.8) is 0 Å². The Balaban J connectivity index is 0.640. The molecule has 0 atom stereocenters. The number of benzene rings is 14. The average Bonchev–Trinajstić information content (AvgIpc) is 2.18. The Morgan fingerprint density at radius 3 is 0.895 bits per heavy atom. The molecule has 2 nitrogen and oxygen atoms in total. The van der Waals surface area contributed by atoms with Gasteiger partial charge in [0.05, 0.1) is 22.1 Å². The van der Waals surface area contributed by atoms with Gasteiger partial charge in [-0.25, -0.2) is 0 Å². The highest BCUT2D eigenvalue weighted by Crippen LogP contribution is 2.41. The Labute approximate surface area is 501 Å². The molecule has 14 aromatic carbocycles. The summed E-state index contributed by atoms with van der Waals surface area (Å²) >= 11 is 0. The quantitative estimate of drug-likeness (QED) is 0.122. The normalized spacial score (nSPS) is 11.5. The molecule has 16 aromatic rings. The summed E-state index contributed by atoms with van der Waals surface area (Å²) in [5.41, 5.74) is 28.7. The summed E-state index contributed by atoms with van der Waals surface area (Å²) in [5.74, 6) is 0. The SMILES string of the molecule is c1ccc(-c2ccc(-n3c4ccccc4c4cc(-c5ccc6c(c5)c5ccccc5n6-c5cccc(-c6ccc(-c7ccc(-c8cccc(-c9cccc(-c%10ccc(-c%11ccccc%11-c%11ccccc%11)cc%10)c9)c8)cc7)cc6)c5)ccc43)cc2)cc1. The maximum absolute atomic E-state index is 2.42. The third-order valence-electron chi connectivity index (χ3n) is 17.4. The van der Waals surface area contributed by atoms with Crippen molar-refractivity contribution in [1.29, 1.82) is 0 Å². The molecule has 0 N–H and O–H groups in total. The first-order valence-electron chi connectivity index (χ1n) is 29.6. The van der Waals surface area contributed by atoms with Gasteiger partial charge in [-0.05, 0) is 173 Å². The number of para-hydroxylation sites is 2. The number of aromatic nitrogens is 2. The van der Waals surface area contributed by atoms with Crippen LogP contribution in [0.5, 0.6) is 0 Å². The number of hydrogen-bond acceptors (Lipinski definition) is 0. The molecule has 86 heavy (non-hydrogen) atoms. The number of hydrogen-bond donors (Lipinski definition) is 0. The van der Waals surface area contributed by atoms with E-state index in [0.29, 0.717) is 0 Å². The van der Waals surface area contributed by atoms with Crippen LogP contribution in [0.25, 0.3) is 155 Å². The molecule has 0 saturated carbocycles. The fourth-order valence-electron chi connectivity index (χ4n) is 13.0. The van der Waals surface area contributed by atoms with Gasteiger partial charge in [0.2, 0.25) is 0 Å². The maximum atomic E-state index is 2.42. The second-order valence-corrected chi connectivity index (χ2v) is 22.4. The largest absolute Gasteiger partial charge is 0.309 e. The molecule has 402 valence electrons. The summed E-state index contributed by atoms with van der Waals surface area (Å²) in [4.78, 5) is 0. The average molecular weight is 1090 g/mol. The monoisotopic (exact) mass is 1090 g/mol. The van der Waals surface area contributed by atoms with Crippen molar-refractivity contribution in [1.82, 2.24) is 9.13 Å². The lowest BCUT2D eigenvalue weighted by atomic mass is 9.92. The minimum absolute atomic E-state index is 1.13. The van der Waals surface area contributed by atoms with Crippen molar-refractivity contribution in [2.24, 2.45) is 0 Å². The van der Waals surface area contributed by atoms with Crippen LogP contribution in [0, 0.1) is 0 Å². The van der Waals surface area contributed by atoms with Crippen LogP contribution < -0.4 is 0 Å². The van der Waals surface area contributed by atoms with Gasteiger partial charge < -0.3 is 9.13 Å². The Kier molecular flexibility index (Phi) is 12.6. The molecule has 0 bridgehead atoms. The maximum Gasteiger partial charge on any atom is 0.0541 e. The van der Waals surface area contributed by atoms with Gasteiger partial charge in [-0.1, -0.05) is 267 Å². The molecular formula is C84H56N2. The van der Waals surface area contributed by atoms with Crippen LogP contribution in [0.3, 0.4) is 0 Å². The van der Waals surface area contributed by atoms with E-state index in [2.05, 4.69) is 349 Å². The molecule has 16 rings (SSSR count). The summed E-state index contributed by atoms with van der Waals surface area (Å²) in [6, 6.07) is 124. The van der Waals surface area contributed by atoms with Crippen LogP contribution in [0.1, 0.15) is 0 Å². The van der Waals surface area contributed by atoms with Crippen molar-refractivity contribution in [2.75, 3.05) is 0 Å². The van der Waals surface area contributed by atoms with Gasteiger partial charge in [0.25, 0.3) is 0 Å². The smallest absolute Gasteiger partial charge is 0.0541 e. The second-order valence-electron chi connectivity index (χ2n) is 22.4. The van der Waals surface area contributed by atoms with E-state index in [9.17, 15) is 0 Å². The molecule has 0 unspecified atom stereocenters. The summed E-state index contributed by atoms with van der Waals surface area (Å²) < 4.78 is 4.82. The highest BCUT2D eigenvalue weighted by molar-refractivity contribution is 6.13. The number of fused-ring (bicyclic) bond motifs is 6. The van der Waals surface area contributed by atoms with Gasteiger partial charge in [-0.2, -0.15) is 0 Å². The molecule has 0 aliphatic heterocycles. The van der Waals surface area contributed by atoms with E-state index in [4.69, 9.17) is 0 Å². The van der Waals surface area contributed by atoms with Gasteiger partial charge in [-0.3, -0.25) is 0 Å². The van der Waals surface area contributed by atoms with Gasteiger partial charge in [0.1, 0.15) is 0 Å². The molecule has 0 saturated heterocycles. The fourth-order valence-corrected chi connectivity index (χ4v) is 13.0. The van der Waals surface area contributed by atoms with Gasteiger partial charge >= 0.3 is 0 Å². The van der Waals surface area contributed by atoms with Crippen LogP contribution >= 0.6 is 0 Å². The minimum atomic E-state index is 1.13. The summed E-state index contributed by atoms with van der Waals surface area (Å²) in [6.45, 7) is 0. The lowest BCUT2D eigenvalue weighted by molar-refractivity contribution is 1.18. The fraction of sp³-hybridized carbons (Fsp3) is 0.